The van der Waals surface area contributed by atoms with E-state index < -0.39 is 0 Å². The van der Waals surface area contributed by atoms with Gasteiger partial charge in [-0.05, 0) is 43.7 Å². The van der Waals surface area contributed by atoms with Gasteiger partial charge in [0.15, 0.2) is 0 Å². The summed E-state index contributed by atoms with van der Waals surface area (Å²) in [4.78, 5) is 11.7. The zero-order chi connectivity index (χ0) is 12.1. The molecule has 1 saturated heterocycles. The molecule has 1 amide bonds. The predicted octanol–water partition coefficient (Wildman–Crippen LogP) is 1.70. The molecule has 1 aliphatic heterocycles. The van der Waals surface area contributed by atoms with Crippen molar-refractivity contribution in [1.82, 2.24) is 10.6 Å². The van der Waals surface area contributed by atoms with Crippen molar-refractivity contribution in [1.29, 1.82) is 0 Å². The van der Waals surface area contributed by atoms with E-state index in [9.17, 15) is 9.18 Å². The van der Waals surface area contributed by atoms with E-state index in [0.29, 0.717) is 18.2 Å². The average Bonchev–Trinajstić information content (AvgIpc) is 2.38. The van der Waals surface area contributed by atoms with Crippen molar-refractivity contribution in [3.63, 3.8) is 0 Å². The SMILES string of the molecule is O=C(NC[C@@H]1CCCCN1)c1ccc(F)cc1. The van der Waals surface area contributed by atoms with E-state index in [1.807, 2.05) is 0 Å². The summed E-state index contributed by atoms with van der Waals surface area (Å²) in [5.41, 5.74) is 0.502. The van der Waals surface area contributed by atoms with E-state index in [1.54, 1.807) is 0 Å². The number of piperidine rings is 1. The maximum Gasteiger partial charge on any atom is 0.251 e. The zero-order valence-electron chi connectivity index (χ0n) is 9.71. The lowest BCUT2D eigenvalue weighted by molar-refractivity contribution is 0.0947. The molecule has 0 radical (unpaired) electrons. The van der Waals surface area contributed by atoms with E-state index in [1.165, 1.54) is 37.1 Å². The Balaban J connectivity index is 1.82. The molecule has 1 fully saturated rings. The van der Waals surface area contributed by atoms with E-state index in [2.05, 4.69) is 10.6 Å². The van der Waals surface area contributed by atoms with Gasteiger partial charge in [-0.2, -0.15) is 0 Å². The van der Waals surface area contributed by atoms with Crippen molar-refractivity contribution in [2.75, 3.05) is 13.1 Å². The number of carbonyl (C=O) groups is 1. The van der Waals surface area contributed by atoms with Gasteiger partial charge in [0, 0.05) is 18.2 Å². The highest BCUT2D eigenvalue weighted by Gasteiger charge is 2.13. The van der Waals surface area contributed by atoms with Gasteiger partial charge in [0.2, 0.25) is 0 Å². The molecule has 0 aromatic heterocycles. The molecule has 1 aromatic rings. The summed E-state index contributed by atoms with van der Waals surface area (Å²) in [5, 5.41) is 6.22. The molecule has 0 unspecified atom stereocenters. The van der Waals surface area contributed by atoms with Crippen LogP contribution < -0.4 is 10.6 Å². The quantitative estimate of drug-likeness (QED) is 0.838. The maximum absolute atomic E-state index is 12.7. The summed E-state index contributed by atoms with van der Waals surface area (Å²) in [6, 6.07) is 5.97. The second-order valence-electron chi connectivity index (χ2n) is 4.36. The Hall–Kier alpha value is -1.42. The van der Waals surface area contributed by atoms with E-state index in [-0.39, 0.29) is 11.7 Å². The van der Waals surface area contributed by atoms with Crippen LogP contribution in [0.4, 0.5) is 4.39 Å². The van der Waals surface area contributed by atoms with E-state index in [0.717, 1.165) is 13.0 Å². The Morgan fingerprint density at radius 3 is 2.76 bits per heavy atom. The second-order valence-corrected chi connectivity index (χ2v) is 4.36. The van der Waals surface area contributed by atoms with Crippen LogP contribution in [0.1, 0.15) is 29.6 Å². The molecule has 1 aliphatic rings. The Morgan fingerprint density at radius 2 is 2.12 bits per heavy atom. The van der Waals surface area contributed by atoms with Crippen molar-refractivity contribution in [3.8, 4) is 0 Å². The van der Waals surface area contributed by atoms with Crippen LogP contribution in [0.3, 0.4) is 0 Å². The van der Waals surface area contributed by atoms with Crippen LogP contribution in [0.15, 0.2) is 24.3 Å². The zero-order valence-corrected chi connectivity index (χ0v) is 9.71. The van der Waals surface area contributed by atoms with Crippen LogP contribution in [0.2, 0.25) is 0 Å². The van der Waals surface area contributed by atoms with Gasteiger partial charge in [0.25, 0.3) is 5.91 Å². The summed E-state index contributed by atoms with van der Waals surface area (Å²) in [5.74, 6) is -0.465. The molecular weight excluding hydrogens is 219 g/mol. The van der Waals surface area contributed by atoms with Crippen molar-refractivity contribution in [3.05, 3.63) is 35.6 Å². The minimum Gasteiger partial charge on any atom is -0.350 e. The van der Waals surface area contributed by atoms with Crippen molar-refractivity contribution >= 4 is 5.91 Å². The summed E-state index contributed by atoms with van der Waals surface area (Å²) < 4.78 is 12.7. The molecular formula is C13H17FN2O. The molecule has 2 N–H and O–H groups in total. The van der Waals surface area contributed by atoms with Crippen LogP contribution in [0.5, 0.6) is 0 Å². The third-order valence-electron chi connectivity index (χ3n) is 3.03. The lowest BCUT2D eigenvalue weighted by Gasteiger charge is -2.23. The first-order valence-electron chi connectivity index (χ1n) is 6.03. The topological polar surface area (TPSA) is 41.1 Å². The second kappa shape index (κ2) is 5.77. The standard InChI is InChI=1S/C13H17FN2O/c14-11-6-4-10(5-7-11)13(17)16-9-12-3-1-2-8-15-12/h4-7,12,15H,1-3,8-9H2,(H,16,17)/t12-/m0/s1. The van der Waals surface area contributed by atoms with Gasteiger partial charge < -0.3 is 10.6 Å². The molecule has 3 nitrogen and oxygen atoms in total. The Kier molecular flexibility index (Phi) is 4.09. The number of hydrogen-bond acceptors (Lipinski definition) is 2. The van der Waals surface area contributed by atoms with Crippen LogP contribution in [0.25, 0.3) is 0 Å². The molecule has 1 aromatic carbocycles. The first-order chi connectivity index (χ1) is 8.25. The summed E-state index contributed by atoms with van der Waals surface area (Å²) in [6.45, 7) is 1.66. The fourth-order valence-electron chi connectivity index (χ4n) is 2.02. The van der Waals surface area contributed by atoms with Gasteiger partial charge in [0.1, 0.15) is 5.82 Å². The largest absolute Gasteiger partial charge is 0.350 e. The number of carbonyl (C=O) groups excluding carboxylic acids is 1. The molecule has 0 spiro atoms. The van der Waals surface area contributed by atoms with Crippen LogP contribution in [-0.4, -0.2) is 25.0 Å². The number of hydrogen-bond donors (Lipinski definition) is 2. The molecule has 4 heteroatoms. The highest BCUT2D eigenvalue weighted by Crippen LogP contribution is 2.06. The first-order valence-corrected chi connectivity index (χ1v) is 6.03. The number of benzene rings is 1. The average molecular weight is 236 g/mol. The molecule has 17 heavy (non-hydrogen) atoms. The highest BCUT2D eigenvalue weighted by molar-refractivity contribution is 5.94. The molecule has 1 atom stereocenters. The van der Waals surface area contributed by atoms with Gasteiger partial charge in [-0.1, -0.05) is 6.42 Å². The maximum atomic E-state index is 12.7. The molecule has 0 aliphatic carbocycles. The smallest absolute Gasteiger partial charge is 0.251 e. The molecule has 2 rings (SSSR count). The first kappa shape index (κ1) is 12.0. The molecule has 1 heterocycles. The number of rotatable bonds is 3. The molecule has 92 valence electrons. The van der Waals surface area contributed by atoms with Gasteiger partial charge in [-0.3, -0.25) is 4.79 Å². The van der Waals surface area contributed by atoms with Crippen molar-refractivity contribution in [2.45, 2.75) is 25.3 Å². The van der Waals surface area contributed by atoms with E-state index in [4.69, 9.17) is 0 Å². The predicted molar refractivity (Wildman–Crippen MR) is 64.4 cm³/mol. The van der Waals surface area contributed by atoms with Crippen LogP contribution >= 0.6 is 0 Å². The number of amides is 1. The van der Waals surface area contributed by atoms with Crippen molar-refractivity contribution < 1.29 is 9.18 Å². The van der Waals surface area contributed by atoms with Crippen molar-refractivity contribution in [2.24, 2.45) is 0 Å². The fraction of sp³-hybridized carbons (Fsp3) is 0.462. The lowest BCUT2D eigenvalue weighted by atomic mass is 10.1. The minimum atomic E-state index is -0.324. The summed E-state index contributed by atoms with van der Waals surface area (Å²) >= 11 is 0. The Morgan fingerprint density at radius 1 is 1.35 bits per heavy atom. The van der Waals surface area contributed by atoms with Gasteiger partial charge in [-0.25, -0.2) is 4.39 Å². The lowest BCUT2D eigenvalue weighted by Crippen LogP contribution is -2.43. The fourth-order valence-corrected chi connectivity index (χ4v) is 2.02. The highest BCUT2D eigenvalue weighted by atomic mass is 19.1. The number of halogens is 1. The number of nitrogens with one attached hydrogen (secondary N) is 2. The van der Waals surface area contributed by atoms with Gasteiger partial charge >= 0.3 is 0 Å². The third kappa shape index (κ3) is 3.53. The van der Waals surface area contributed by atoms with Crippen LogP contribution in [0, 0.1) is 5.82 Å². The van der Waals surface area contributed by atoms with Crippen LogP contribution in [-0.2, 0) is 0 Å². The summed E-state index contributed by atoms with van der Waals surface area (Å²) in [7, 11) is 0. The van der Waals surface area contributed by atoms with Gasteiger partial charge in [-0.15, -0.1) is 0 Å². The summed E-state index contributed by atoms with van der Waals surface area (Å²) in [6.07, 6.45) is 3.52. The normalized spacial score (nSPS) is 19.9. The minimum absolute atomic E-state index is 0.141. The monoisotopic (exact) mass is 236 g/mol. The third-order valence-corrected chi connectivity index (χ3v) is 3.03. The Bertz CT molecular complexity index is 372. The van der Waals surface area contributed by atoms with E-state index >= 15 is 0 Å². The van der Waals surface area contributed by atoms with Gasteiger partial charge in [0.05, 0.1) is 0 Å². The molecule has 0 saturated carbocycles. The Labute approximate surface area is 100 Å². The molecule has 0 bridgehead atoms.